The summed E-state index contributed by atoms with van der Waals surface area (Å²) in [5.74, 6) is 0. The first-order chi connectivity index (χ1) is 9.13. The zero-order valence-corrected chi connectivity index (χ0v) is 12.9. The molecule has 0 unspecified atom stereocenters. The monoisotopic (exact) mass is 263 g/mol. The van der Waals surface area contributed by atoms with E-state index in [1.54, 1.807) is 0 Å². The first-order valence-corrected chi connectivity index (χ1v) is 7.49. The summed E-state index contributed by atoms with van der Waals surface area (Å²) in [6.45, 7) is 11.5. The average molecular weight is 263 g/mol. The van der Waals surface area contributed by atoms with Crippen molar-refractivity contribution < 1.29 is 0 Å². The summed E-state index contributed by atoms with van der Waals surface area (Å²) in [4.78, 5) is 7.06. The lowest BCUT2D eigenvalue weighted by Gasteiger charge is -2.42. The van der Waals surface area contributed by atoms with Crippen LogP contribution in [0.2, 0.25) is 0 Å². The summed E-state index contributed by atoms with van der Waals surface area (Å²) in [6, 6.07) is 4.13. The van der Waals surface area contributed by atoms with Crippen LogP contribution in [0.5, 0.6) is 0 Å². The Morgan fingerprint density at radius 1 is 1.26 bits per heavy atom. The summed E-state index contributed by atoms with van der Waals surface area (Å²) in [5.41, 5.74) is 8.64. The molecule has 2 N–H and O–H groups in total. The van der Waals surface area contributed by atoms with Gasteiger partial charge in [-0.1, -0.05) is 26.8 Å². The minimum Gasteiger partial charge on any atom is -0.329 e. The van der Waals surface area contributed by atoms with Gasteiger partial charge in [-0.05, 0) is 44.4 Å². The number of nitrogens with zero attached hydrogens (tertiary/aromatic N) is 2. The van der Waals surface area contributed by atoms with Gasteiger partial charge in [0.2, 0.25) is 0 Å². The number of aromatic nitrogens is 1. The third-order valence-corrected chi connectivity index (χ3v) is 4.32. The second-order valence-corrected chi connectivity index (χ2v) is 5.32. The highest BCUT2D eigenvalue weighted by molar-refractivity contribution is 5.18. The molecule has 0 spiro atoms. The third kappa shape index (κ3) is 3.77. The Morgan fingerprint density at radius 2 is 1.95 bits per heavy atom. The van der Waals surface area contributed by atoms with E-state index in [-0.39, 0.29) is 5.54 Å². The van der Waals surface area contributed by atoms with E-state index in [2.05, 4.69) is 43.6 Å². The van der Waals surface area contributed by atoms with Crippen LogP contribution in [0, 0.1) is 6.92 Å². The first kappa shape index (κ1) is 16.1. The predicted molar refractivity (Wildman–Crippen MR) is 82.0 cm³/mol. The van der Waals surface area contributed by atoms with E-state index in [4.69, 9.17) is 5.73 Å². The molecule has 1 heterocycles. The minimum absolute atomic E-state index is 0.111. The predicted octanol–water partition coefficient (Wildman–Crippen LogP) is 3.12. The highest BCUT2D eigenvalue weighted by atomic mass is 15.2. The Bertz CT molecular complexity index is 364. The number of aryl methyl sites for hydroxylation is 1. The fourth-order valence-electron chi connectivity index (χ4n) is 2.73. The molecule has 1 aromatic rings. The number of pyridine rings is 1. The second kappa shape index (κ2) is 7.61. The topological polar surface area (TPSA) is 42.2 Å². The standard InChI is InChI=1S/C16H29N3/c1-5-11-19(16(6-2,7-3)13-17)12-15-14(4)9-8-10-18-15/h8-10H,5-7,11-13,17H2,1-4H3. The molecule has 0 aromatic carbocycles. The lowest BCUT2D eigenvalue weighted by molar-refractivity contribution is 0.0751. The van der Waals surface area contributed by atoms with Crippen molar-refractivity contribution in [2.24, 2.45) is 5.73 Å². The van der Waals surface area contributed by atoms with Crippen LogP contribution in [0.3, 0.4) is 0 Å². The molecule has 0 saturated carbocycles. The van der Waals surface area contributed by atoms with Gasteiger partial charge in [0.05, 0.1) is 5.69 Å². The van der Waals surface area contributed by atoms with Gasteiger partial charge in [-0.2, -0.15) is 0 Å². The van der Waals surface area contributed by atoms with Crippen LogP contribution in [-0.2, 0) is 6.54 Å². The largest absolute Gasteiger partial charge is 0.329 e. The van der Waals surface area contributed by atoms with Gasteiger partial charge in [-0.15, -0.1) is 0 Å². The van der Waals surface area contributed by atoms with E-state index in [1.165, 1.54) is 11.3 Å². The smallest absolute Gasteiger partial charge is 0.0573 e. The van der Waals surface area contributed by atoms with E-state index < -0.39 is 0 Å². The molecule has 19 heavy (non-hydrogen) atoms. The van der Waals surface area contributed by atoms with Gasteiger partial charge in [0, 0.05) is 24.8 Å². The van der Waals surface area contributed by atoms with Crippen molar-refractivity contribution in [2.45, 2.75) is 59.0 Å². The van der Waals surface area contributed by atoms with Crippen LogP contribution in [0.15, 0.2) is 18.3 Å². The Kier molecular flexibility index (Phi) is 6.46. The van der Waals surface area contributed by atoms with Crippen molar-refractivity contribution >= 4 is 0 Å². The van der Waals surface area contributed by atoms with Crippen LogP contribution >= 0.6 is 0 Å². The van der Waals surface area contributed by atoms with Gasteiger partial charge in [0.1, 0.15) is 0 Å². The van der Waals surface area contributed by atoms with E-state index in [0.29, 0.717) is 6.54 Å². The summed E-state index contributed by atoms with van der Waals surface area (Å²) in [6.07, 6.45) is 5.21. The summed E-state index contributed by atoms with van der Waals surface area (Å²) < 4.78 is 0. The van der Waals surface area contributed by atoms with Crippen LogP contribution in [0.25, 0.3) is 0 Å². The Labute approximate surface area is 118 Å². The van der Waals surface area contributed by atoms with Crippen molar-refractivity contribution in [1.29, 1.82) is 0 Å². The summed E-state index contributed by atoms with van der Waals surface area (Å²) in [5, 5.41) is 0. The second-order valence-electron chi connectivity index (χ2n) is 5.32. The van der Waals surface area contributed by atoms with Gasteiger partial charge >= 0.3 is 0 Å². The normalized spacial score (nSPS) is 12.1. The van der Waals surface area contributed by atoms with E-state index >= 15 is 0 Å². The summed E-state index contributed by atoms with van der Waals surface area (Å²) in [7, 11) is 0. The van der Waals surface area contributed by atoms with Crippen molar-refractivity contribution in [1.82, 2.24) is 9.88 Å². The Balaban J connectivity index is 2.97. The highest BCUT2D eigenvalue weighted by Crippen LogP contribution is 2.25. The molecule has 0 saturated heterocycles. The lowest BCUT2D eigenvalue weighted by Crippen LogP contribution is -2.53. The summed E-state index contributed by atoms with van der Waals surface area (Å²) >= 11 is 0. The zero-order chi connectivity index (χ0) is 14.3. The van der Waals surface area contributed by atoms with Crippen molar-refractivity contribution in [2.75, 3.05) is 13.1 Å². The third-order valence-electron chi connectivity index (χ3n) is 4.32. The molecule has 0 aliphatic carbocycles. The van der Waals surface area contributed by atoms with Gasteiger partial charge in [0.15, 0.2) is 0 Å². The molecule has 0 amide bonds. The Hall–Kier alpha value is -0.930. The lowest BCUT2D eigenvalue weighted by atomic mass is 9.90. The molecule has 3 heteroatoms. The van der Waals surface area contributed by atoms with Crippen LogP contribution in [0.1, 0.15) is 51.3 Å². The molecule has 108 valence electrons. The molecule has 1 aromatic heterocycles. The van der Waals surface area contributed by atoms with E-state index in [0.717, 1.165) is 32.4 Å². The maximum Gasteiger partial charge on any atom is 0.0573 e. The van der Waals surface area contributed by atoms with Crippen molar-refractivity contribution in [3.63, 3.8) is 0 Å². The van der Waals surface area contributed by atoms with Crippen molar-refractivity contribution in [3.05, 3.63) is 29.6 Å². The van der Waals surface area contributed by atoms with Crippen LogP contribution in [-0.4, -0.2) is 28.5 Å². The number of hydrogen-bond donors (Lipinski definition) is 1. The van der Waals surface area contributed by atoms with Gasteiger partial charge in [-0.25, -0.2) is 0 Å². The molecule has 1 rings (SSSR count). The molecule has 0 atom stereocenters. The van der Waals surface area contributed by atoms with Crippen molar-refractivity contribution in [3.8, 4) is 0 Å². The number of rotatable bonds is 8. The van der Waals surface area contributed by atoms with E-state index in [1.807, 2.05) is 12.3 Å². The minimum atomic E-state index is 0.111. The molecule has 0 bridgehead atoms. The number of nitrogens with two attached hydrogens (primary N) is 1. The van der Waals surface area contributed by atoms with Crippen LogP contribution < -0.4 is 5.73 Å². The fraction of sp³-hybridized carbons (Fsp3) is 0.688. The highest BCUT2D eigenvalue weighted by Gasteiger charge is 2.31. The molecule has 0 aliphatic rings. The zero-order valence-electron chi connectivity index (χ0n) is 12.9. The van der Waals surface area contributed by atoms with Gasteiger partial charge < -0.3 is 5.73 Å². The average Bonchev–Trinajstić information content (AvgIpc) is 2.44. The SMILES string of the molecule is CCCN(Cc1ncccc1C)C(CC)(CC)CN. The van der Waals surface area contributed by atoms with E-state index in [9.17, 15) is 0 Å². The molecule has 0 aliphatic heterocycles. The maximum atomic E-state index is 6.09. The number of hydrogen-bond acceptors (Lipinski definition) is 3. The molecule has 0 radical (unpaired) electrons. The van der Waals surface area contributed by atoms with Gasteiger partial charge in [0.25, 0.3) is 0 Å². The molecule has 0 fully saturated rings. The Morgan fingerprint density at radius 3 is 2.42 bits per heavy atom. The molecular weight excluding hydrogens is 234 g/mol. The molecule has 3 nitrogen and oxygen atoms in total. The fourth-order valence-corrected chi connectivity index (χ4v) is 2.73. The first-order valence-electron chi connectivity index (χ1n) is 7.49. The maximum absolute atomic E-state index is 6.09. The quantitative estimate of drug-likeness (QED) is 0.783. The molecular formula is C16H29N3. The van der Waals surface area contributed by atoms with Gasteiger partial charge in [-0.3, -0.25) is 9.88 Å². The van der Waals surface area contributed by atoms with Crippen LogP contribution in [0.4, 0.5) is 0 Å².